The van der Waals surface area contributed by atoms with E-state index in [0.717, 1.165) is 13.1 Å². The zero-order valence-corrected chi connectivity index (χ0v) is 6.47. The summed E-state index contributed by atoms with van der Waals surface area (Å²) in [5.41, 5.74) is 0. The van der Waals surface area contributed by atoms with Gasteiger partial charge in [-0.1, -0.05) is 0 Å². The topological polar surface area (TPSA) is 41.3 Å². The van der Waals surface area contributed by atoms with Crippen LogP contribution in [0.4, 0.5) is 0 Å². The third kappa shape index (κ3) is 1.55. The summed E-state index contributed by atoms with van der Waals surface area (Å²) in [5.74, 6) is 0. The van der Waals surface area contributed by atoms with Gasteiger partial charge in [-0.05, 0) is 0 Å². The molecule has 0 aliphatic carbocycles. The summed E-state index contributed by atoms with van der Waals surface area (Å²) in [5, 5.41) is 8.81. The highest BCUT2D eigenvalue weighted by atomic mass is 28.2. The van der Waals surface area contributed by atoms with Crippen LogP contribution < -0.4 is 10.7 Å². The first-order valence-electron chi connectivity index (χ1n) is 3.06. The van der Waals surface area contributed by atoms with Crippen LogP contribution >= 0.6 is 0 Å². The van der Waals surface area contributed by atoms with Crippen LogP contribution in [0.3, 0.4) is 0 Å². The first-order valence-corrected chi connectivity index (χ1v) is 4.51. The molecule has 0 saturated carbocycles. The van der Waals surface area contributed by atoms with E-state index in [1.165, 1.54) is 13.1 Å². The maximum atomic E-state index is 5.54. The summed E-state index contributed by atoms with van der Waals surface area (Å²) in [6.45, 7) is 4.60. The van der Waals surface area contributed by atoms with Gasteiger partial charge in [0.05, 0.1) is 0 Å². The van der Waals surface area contributed by atoms with E-state index in [1.807, 2.05) is 0 Å². The van der Waals surface area contributed by atoms with E-state index in [4.69, 9.17) is 5.40 Å². The Bertz CT molecular complexity index is 62.3. The highest BCUT2D eigenvalue weighted by Crippen LogP contribution is 1.84. The lowest BCUT2D eigenvalue weighted by Gasteiger charge is -2.24. The average molecular weight is 131 g/mol. The SMILES string of the molecule is N[SiH2]N1CCNCC1. The molecule has 48 valence electrons. The van der Waals surface area contributed by atoms with Crippen LogP contribution in [0.5, 0.6) is 0 Å². The lowest BCUT2D eigenvalue weighted by Crippen LogP contribution is -2.47. The first-order chi connectivity index (χ1) is 3.93. The van der Waals surface area contributed by atoms with Crippen molar-refractivity contribution in [3.05, 3.63) is 0 Å². The quantitative estimate of drug-likeness (QED) is 0.399. The maximum Gasteiger partial charge on any atom is 0.167 e. The maximum absolute atomic E-state index is 5.54. The van der Waals surface area contributed by atoms with Crippen LogP contribution in [0.25, 0.3) is 0 Å². The van der Waals surface area contributed by atoms with E-state index >= 15 is 0 Å². The van der Waals surface area contributed by atoms with Crippen LogP contribution in [-0.2, 0) is 0 Å². The lowest BCUT2D eigenvalue weighted by molar-refractivity contribution is 0.375. The van der Waals surface area contributed by atoms with Gasteiger partial charge in [-0.15, -0.1) is 0 Å². The molecular weight excluding hydrogens is 118 g/mol. The highest BCUT2D eigenvalue weighted by molar-refractivity contribution is 6.27. The van der Waals surface area contributed by atoms with Crippen LogP contribution in [-0.4, -0.2) is 40.6 Å². The van der Waals surface area contributed by atoms with Crippen LogP contribution in [0.1, 0.15) is 0 Å². The fraction of sp³-hybridized carbons (Fsp3) is 1.00. The predicted molar refractivity (Wildman–Crippen MR) is 37.2 cm³/mol. The largest absolute Gasteiger partial charge is 0.344 e. The van der Waals surface area contributed by atoms with E-state index < -0.39 is 0 Å². The summed E-state index contributed by atoms with van der Waals surface area (Å²) in [6.07, 6.45) is 0. The third-order valence-corrected chi connectivity index (χ3v) is 2.62. The molecule has 4 heteroatoms. The minimum atomic E-state index is -0.338. The molecule has 1 saturated heterocycles. The van der Waals surface area contributed by atoms with Crippen LogP contribution in [0.2, 0.25) is 0 Å². The van der Waals surface area contributed by atoms with E-state index in [9.17, 15) is 0 Å². The van der Waals surface area contributed by atoms with Gasteiger partial charge in [-0.2, -0.15) is 0 Å². The van der Waals surface area contributed by atoms with Gasteiger partial charge in [0.15, 0.2) is 9.84 Å². The Morgan fingerprint density at radius 3 is 2.38 bits per heavy atom. The predicted octanol–water partition coefficient (Wildman–Crippen LogP) is -2.15. The number of piperazine rings is 1. The second-order valence-corrected chi connectivity index (χ2v) is 3.31. The van der Waals surface area contributed by atoms with Crippen LogP contribution in [0.15, 0.2) is 0 Å². The summed E-state index contributed by atoms with van der Waals surface area (Å²) in [7, 11) is -0.338. The molecule has 8 heavy (non-hydrogen) atoms. The van der Waals surface area contributed by atoms with Crippen molar-refractivity contribution >= 4 is 9.84 Å². The van der Waals surface area contributed by atoms with E-state index in [0.29, 0.717) is 0 Å². The molecular formula is C4H13N3Si. The average Bonchev–Trinajstić information content (AvgIpc) is 1.90. The van der Waals surface area contributed by atoms with E-state index in [1.54, 1.807) is 0 Å². The normalized spacial score (nSPS) is 25.1. The second-order valence-electron chi connectivity index (χ2n) is 2.05. The van der Waals surface area contributed by atoms with Crippen molar-refractivity contribution in [2.75, 3.05) is 26.2 Å². The Hall–Kier alpha value is 0.0969. The van der Waals surface area contributed by atoms with E-state index in [2.05, 4.69) is 9.88 Å². The number of nitrogens with one attached hydrogen (secondary N) is 1. The van der Waals surface area contributed by atoms with Gasteiger partial charge in [0.1, 0.15) is 0 Å². The summed E-state index contributed by atoms with van der Waals surface area (Å²) < 4.78 is 2.37. The van der Waals surface area contributed by atoms with Gasteiger partial charge in [0, 0.05) is 26.2 Å². The molecule has 0 bridgehead atoms. The summed E-state index contributed by atoms with van der Waals surface area (Å²) >= 11 is 0. The third-order valence-electron chi connectivity index (χ3n) is 1.47. The van der Waals surface area contributed by atoms with Gasteiger partial charge in [-0.25, -0.2) is 0 Å². The minimum absolute atomic E-state index is 0.338. The van der Waals surface area contributed by atoms with Crippen LogP contribution in [0, 0.1) is 0 Å². The number of nitrogens with two attached hydrogens (primary N) is 1. The fourth-order valence-electron chi connectivity index (χ4n) is 0.894. The van der Waals surface area contributed by atoms with Crippen molar-refractivity contribution in [1.82, 2.24) is 9.88 Å². The molecule has 0 radical (unpaired) electrons. The molecule has 1 rings (SSSR count). The second kappa shape index (κ2) is 3.19. The van der Waals surface area contributed by atoms with Crippen molar-refractivity contribution in [3.63, 3.8) is 0 Å². The monoisotopic (exact) mass is 131 g/mol. The smallest absolute Gasteiger partial charge is 0.167 e. The van der Waals surface area contributed by atoms with Gasteiger partial charge in [0.25, 0.3) is 0 Å². The van der Waals surface area contributed by atoms with Crippen molar-refractivity contribution < 1.29 is 0 Å². The van der Waals surface area contributed by atoms with Gasteiger partial charge in [0.2, 0.25) is 0 Å². The Kier molecular flexibility index (Phi) is 2.48. The van der Waals surface area contributed by atoms with Crippen molar-refractivity contribution in [3.8, 4) is 0 Å². The Morgan fingerprint density at radius 1 is 1.38 bits per heavy atom. The molecule has 0 aromatic carbocycles. The zero-order valence-electron chi connectivity index (χ0n) is 5.06. The minimum Gasteiger partial charge on any atom is -0.344 e. The number of hydrogen-bond acceptors (Lipinski definition) is 3. The molecule has 0 amide bonds. The lowest BCUT2D eigenvalue weighted by atomic mass is 10.4. The number of nitrogens with zero attached hydrogens (tertiary/aromatic N) is 1. The first kappa shape index (κ1) is 6.22. The summed E-state index contributed by atoms with van der Waals surface area (Å²) in [4.78, 5) is 0. The molecule has 1 aliphatic heterocycles. The van der Waals surface area contributed by atoms with Gasteiger partial charge < -0.3 is 15.3 Å². The highest BCUT2D eigenvalue weighted by Gasteiger charge is 2.05. The van der Waals surface area contributed by atoms with Gasteiger partial charge >= 0.3 is 0 Å². The molecule has 0 spiro atoms. The molecule has 0 unspecified atom stereocenters. The van der Waals surface area contributed by atoms with E-state index in [-0.39, 0.29) is 9.84 Å². The fourth-order valence-corrected chi connectivity index (χ4v) is 1.58. The Morgan fingerprint density at radius 2 is 2.00 bits per heavy atom. The van der Waals surface area contributed by atoms with Crippen molar-refractivity contribution in [2.45, 2.75) is 0 Å². The zero-order chi connectivity index (χ0) is 5.82. The molecule has 0 aromatic rings. The Labute approximate surface area is 52.2 Å². The van der Waals surface area contributed by atoms with Crippen molar-refractivity contribution in [2.24, 2.45) is 5.40 Å². The molecule has 1 heterocycles. The molecule has 3 nitrogen and oxygen atoms in total. The standard InChI is InChI=1S/C4H13N3Si/c5-8-7-3-1-6-2-4-7/h6H,1-5,8H2. The molecule has 0 aromatic heterocycles. The number of rotatable bonds is 1. The summed E-state index contributed by atoms with van der Waals surface area (Å²) in [6, 6.07) is 0. The molecule has 1 fully saturated rings. The van der Waals surface area contributed by atoms with Crippen molar-refractivity contribution in [1.29, 1.82) is 0 Å². The van der Waals surface area contributed by atoms with Gasteiger partial charge in [-0.3, -0.25) is 0 Å². The number of hydrogen-bond donors (Lipinski definition) is 2. The molecule has 1 aliphatic rings. The molecule has 0 atom stereocenters. The molecule has 3 N–H and O–H groups in total. The Balaban J connectivity index is 2.13.